The highest BCUT2D eigenvalue weighted by Gasteiger charge is 2.14. The van der Waals surface area contributed by atoms with Crippen LogP contribution in [0.3, 0.4) is 0 Å². The van der Waals surface area contributed by atoms with Crippen LogP contribution in [0.2, 0.25) is 0 Å². The first-order valence-electron chi connectivity index (χ1n) is 9.34. The number of ether oxygens (including phenoxy) is 1. The van der Waals surface area contributed by atoms with E-state index in [4.69, 9.17) is 4.74 Å². The Labute approximate surface area is 161 Å². The Morgan fingerprint density at radius 3 is 2.78 bits per heavy atom. The maximum atomic E-state index is 12.2. The number of carbonyl (C=O) groups is 1. The van der Waals surface area contributed by atoms with Crippen molar-refractivity contribution in [1.29, 1.82) is 5.26 Å². The van der Waals surface area contributed by atoms with Crippen LogP contribution in [0, 0.1) is 32.1 Å². The number of hydrogen-bond acceptors (Lipinski definition) is 4. The average molecular weight is 365 g/mol. The van der Waals surface area contributed by atoms with Gasteiger partial charge in [-0.15, -0.1) is 0 Å². The van der Waals surface area contributed by atoms with E-state index in [1.807, 2.05) is 51.1 Å². The maximum absolute atomic E-state index is 12.2. The number of carbonyl (C=O) groups excluding carboxylic acids is 1. The summed E-state index contributed by atoms with van der Waals surface area (Å²) in [5.74, 6) is -0.574. The lowest BCUT2D eigenvalue weighted by Crippen LogP contribution is -2.09. The van der Waals surface area contributed by atoms with E-state index in [2.05, 4.69) is 16.5 Å². The van der Waals surface area contributed by atoms with Crippen LogP contribution in [-0.2, 0) is 22.5 Å². The molecule has 0 fully saturated rings. The molecule has 0 aromatic carbocycles. The summed E-state index contributed by atoms with van der Waals surface area (Å²) in [5.41, 5.74) is 5.04. The molecule has 5 heteroatoms. The Hall–Kier alpha value is -2.87. The SMILES string of the molecule is CCCn1c(C)cc(/C=C(/C#N)C(=O)OCCCc2cccc(C)n2)c1C. The van der Waals surface area contributed by atoms with Crippen molar-refractivity contribution in [3.8, 4) is 6.07 Å². The van der Waals surface area contributed by atoms with Gasteiger partial charge in [0.15, 0.2) is 0 Å². The lowest BCUT2D eigenvalue weighted by atomic mass is 10.1. The lowest BCUT2D eigenvalue weighted by molar-refractivity contribution is -0.138. The fraction of sp³-hybridized carbons (Fsp3) is 0.409. The first-order chi connectivity index (χ1) is 13.0. The molecule has 0 radical (unpaired) electrons. The van der Waals surface area contributed by atoms with Crippen LogP contribution < -0.4 is 0 Å². The molecule has 0 aliphatic heterocycles. The van der Waals surface area contributed by atoms with Crippen molar-refractivity contribution in [2.75, 3.05) is 6.61 Å². The van der Waals surface area contributed by atoms with Gasteiger partial charge >= 0.3 is 5.97 Å². The number of rotatable bonds is 8. The third-order valence-corrected chi connectivity index (χ3v) is 4.46. The zero-order valence-corrected chi connectivity index (χ0v) is 16.6. The summed E-state index contributed by atoms with van der Waals surface area (Å²) in [6.07, 6.45) is 4.06. The van der Waals surface area contributed by atoms with E-state index < -0.39 is 5.97 Å². The highest BCUT2D eigenvalue weighted by molar-refractivity contribution is 5.98. The van der Waals surface area contributed by atoms with Crippen LogP contribution >= 0.6 is 0 Å². The van der Waals surface area contributed by atoms with Gasteiger partial charge in [-0.25, -0.2) is 4.79 Å². The fourth-order valence-corrected chi connectivity index (χ4v) is 3.07. The number of aromatic nitrogens is 2. The van der Waals surface area contributed by atoms with Crippen molar-refractivity contribution in [2.45, 2.75) is 53.5 Å². The molecule has 0 atom stereocenters. The van der Waals surface area contributed by atoms with Crippen LogP contribution in [0.15, 0.2) is 29.8 Å². The second kappa shape index (κ2) is 9.72. The zero-order valence-electron chi connectivity index (χ0n) is 16.6. The molecule has 0 aliphatic rings. The first kappa shape index (κ1) is 20.4. The molecule has 0 amide bonds. The average Bonchev–Trinajstić information content (AvgIpc) is 2.91. The standard InChI is InChI=1S/C22H27N3O2/c1-5-11-25-17(3)13-19(18(25)4)14-20(15-23)22(26)27-12-7-10-21-9-6-8-16(2)24-21/h6,8-9,13-14H,5,7,10-12H2,1-4H3/b20-14-. The molecule has 0 aliphatic carbocycles. The van der Waals surface area contributed by atoms with Crippen molar-refractivity contribution >= 4 is 12.0 Å². The Morgan fingerprint density at radius 2 is 2.11 bits per heavy atom. The molecule has 0 N–H and O–H groups in total. The van der Waals surface area contributed by atoms with Crippen molar-refractivity contribution in [2.24, 2.45) is 0 Å². The second-order valence-electron chi connectivity index (χ2n) is 6.66. The molecule has 2 rings (SSSR count). The number of hydrogen-bond donors (Lipinski definition) is 0. The van der Waals surface area contributed by atoms with Crippen LogP contribution in [0.5, 0.6) is 0 Å². The van der Waals surface area contributed by atoms with Gasteiger partial charge in [0, 0.05) is 29.3 Å². The zero-order chi connectivity index (χ0) is 19.8. The minimum atomic E-state index is -0.574. The fourth-order valence-electron chi connectivity index (χ4n) is 3.07. The normalized spacial score (nSPS) is 11.3. The molecule has 142 valence electrons. The Kier molecular flexibility index (Phi) is 7.36. The van der Waals surface area contributed by atoms with E-state index >= 15 is 0 Å². The van der Waals surface area contributed by atoms with E-state index in [1.165, 1.54) is 0 Å². The van der Waals surface area contributed by atoms with Crippen molar-refractivity contribution in [3.63, 3.8) is 0 Å². The van der Waals surface area contributed by atoms with E-state index in [9.17, 15) is 10.1 Å². The summed E-state index contributed by atoms with van der Waals surface area (Å²) in [6.45, 7) is 9.30. The highest BCUT2D eigenvalue weighted by Crippen LogP contribution is 2.19. The molecule has 2 heterocycles. The van der Waals surface area contributed by atoms with Crippen molar-refractivity contribution < 1.29 is 9.53 Å². The van der Waals surface area contributed by atoms with Crippen molar-refractivity contribution in [1.82, 2.24) is 9.55 Å². The molecule has 5 nitrogen and oxygen atoms in total. The summed E-state index contributed by atoms with van der Waals surface area (Å²) in [5, 5.41) is 9.36. The molecule has 0 saturated heterocycles. The van der Waals surface area contributed by atoms with E-state index in [1.54, 1.807) is 6.08 Å². The Morgan fingerprint density at radius 1 is 1.33 bits per heavy atom. The van der Waals surface area contributed by atoms with Gasteiger partial charge in [-0.1, -0.05) is 13.0 Å². The van der Waals surface area contributed by atoms with E-state index in [-0.39, 0.29) is 12.2 Å². The van der Waals surface area contributed by atoms with Crippen LogP contribution in [0.1, 0.15) is 48.1 Å². The summed E-state index contributed by atoms with van der Waals surface area (Å²) in [4.78, 5) is 16.7. The van der Waals surface area contributed by atoms with Gasteiger partial charge < -0.3 is 9.30 Å². The summed E-state index contributed by atoms with van der Waals surface area (Å²) >= 11 is 0. The predicted octanol–water partition coefficient (Wildman–Crippen LogP) is 4.30. The Balaban J connectivity index is 1.96. The minimum absolute atomic E-state index is 0.0282. The predicted molar refractivity (Wildman–Crippen MR) is 106 cm³/mol. The van der Waals surface area contributed by atoms with Crippen molar-refractivity contribution in [3.05, 3.63) is 58.2 Å². The smallest absolute Gasteiger partial charge is 0.348 e. The number of aryl methyl sites for hydroxylation is 3. The molecule has 0 spiro atoms. The van der Waals surface area contributed by atoms with E-state index in [0.717, 1.165) is 47.7 Å². The van der Waals surface area contributed by atoms with Crippen LogP contribution in [0.4, 0.5) is 0 Å². The van der Waals surface area contributed by atoms with Gasteiger partial charge in [0.25, 0.3) is 0 Å². The number of nitriles is 1. The van der Waals surface area contributed by atoms with Crippen LogP contribution in [0.25, 0.3) is 6.08 Å². The van der Waals surface area contributed by atoms with Gasteiger partial charge in [-0.05, 0) is 69.9 Å². The second-order valence-corrected chi connectivity index (χ2v) is 6.66. The van der Waals surface area contributed by atoms with Gasteiger partial charge in [-0.3, -0.25) is 4.98 Å². The molecule has 27 heavy (non-hydrogen) atoms. The molecule has 0 bridgehead atoms. The molecule has 2 aromatic heterocycles. The third-order valence-electron chi connectivity index (χ3n) is 4.46. The lowest BCUT2D eigenvalue weighted by Gasteiger charge is -2.07. The van der Waals surface area contributed by atoms with Gasteiger partial charge in [0.1, 0.15) is 11.6 Å². The summed E-state index contributed by atoms with van der Waals surface area (Å²) < 4.78 is 7.47. The molecular formula is C22H27N3O2. The van der Waals surface area contributed by atoms with Gasteiger partial charge in [0.05, 0.1) is 6.61 Å². The van der Waals surface area contributed by atoms with E-state index in [0.29, 0.717) is 6.42 Å². The largest absolute Gasteiger partial charge is 0.462 e. The topological polar surface area (TPSA) is 67.9 Å². The number of pyridine rings is 1. The minimum Gasteiger partial charge on any atom is -0.462 e. The highest BCUT2D eigenvalue weighted by atomic mass is 16.5. The molecule has 0 unspecified atom stereocenters. The quantitative estimate of drug-likeness (QED) is 0.303. The molecule has 2 aromatic rings. The Bertz CT molecular complexity index is 872. The summed E-state index contributed by atoms with van der Waals surface area (Å²) in [6, 6.07) is 9.85. The third kappa shape index (κ3) is 5.55. The first-order valence-corrected chi connectivity index (χ1v) is 9.34. The summed E-state index contributed by atoms with van der Waals surface area (Å²) in [7, 11) is 0. The monoisotopic (exact) mass is 365 g/mol. The molecular weight excluding hydrogens is 338 g/mol. The molecule has 0 saturated carbocycles. The maximum Gasteiger partial charge on any atom is 0.348 e. The van der Waals surface area contributed by atoms with Gasteiger partial charge in [0.2, 0.25) is 0 Å². The number of esters is 1. The van der Waals surface area contributed by atoms with Gasteiger partial charge in [-0.2, -0.15) is 5.26 Å². The number of nitrogens with zero attached hydrogens (tertiary/aromatic N) is 3. The van der Waals surface area contributed by atoms with Crippen LogP contribution in [-0.4, -0.2) is 22.1 Å².